The fourth-order valence-electron chi connectivity index (χ4n) is 0. The van der Waals surface area contributed by atoms with Gasteiger partial charge in [-0.2, -0.15) is 0 Å². The largest absolute Gasteiger partial charge is 0.762 e. The molecule has 84 valence electrons. The van der Waals surface area contributed by atoms with Gasteiger partial charge < -0.3 is 10.2 Å². The van der Waals surface area contributed by atoms with Crippen molar-refractivity contribution < 1.29 is 32.7 Å². The molecule has 0 heterocycles. The van der Waals surface area contributed by atoms with Gasteiger partial charge >= 0.3 is 19.5 Å². The summed E-state index contributed by atoms with van der Waals surface area (Å²) in [7, 11) is -3.67. The van der Waals surface area contributed by atoms with Crippen LogP contribution in [-0.2, 0) is 9.59 Å². The molecule has 0 fully saturated rings. The zero-order chi connectivity index (χ0) is 12.1. The molecule has 0 radical (unpaired) electrons. The molecule has 0 aromatic carbocycles. The average Bonchev–Trinajstić information content (AvgIpc) is 2.04. The van der Waals surface area contributed by atoms with Crippen LogP contribution in [0.15, 0.2) is 0 Å². The van der Waals surface area contributed by atoms with Gasteiger partial charge in [-0.3, -0.25) is 22.5 Å². The Kier molecular flexibility index (Phi) is 19.0. The molecule has 0 aromatic heterocycles. The van der Waals surface area contributed by atoms with Gasteiger partial charge in [-0.25, -0.2) is 0 Å². The summed E-state index contributed by atoms with van der Waals surface area (Å²) >= 11 is 0. The molecule has 2 N–H and O–H groups in total. The summed E-state index contributed by atoms with van der Waals surface area (Å²) in [6.07, 6.45) is 0.444. The maximum absolute atomic E-state index is 9.67. The van der Waals surface area contributed by atoms with Crippen LogP contribution in [-0.4, -0.2) is 29.7 Å². The summed E-state index contributed by atoms with van der Waals surface area (Å²) in [6.45, 7) is 3.20. The van der Waals surface area contributed by atoms with Gasteiger partial charge in [0.25, 0.3) is 0 Å². The van der Waals surface area contributed by atoms with E-state index in [0.717, 1.165) is 0 Å². The second-order valence-electron chi connectivity index (χ2n) is 1.74. The summed E-state index contributed by atoms with van der Waals surface area (Å²) in [5.41, 5.74) is 0. The maximum Gasteiger partial charge on any atom is 0.762 e. The van der Waals surface area contributed by atoms with Gasteiger partial charge in [0, 0.05) is 12.8 Å². The van der Waals surface area contributed by atoms with Crippen molar-refractivity contribution in [1.82, 2.24) is 0 Å². The smallest absolute Gasteiger partial charge is 0.481 e. The number of carbonyl (C=O) groups is 2. The molecule has 0 rings (SSSR count). The first-order valence-electron chi connectivity index (χ1n) is 3.63. The molecule has 4 nitrogen and oxygen atoms in total. The lowest BCUT2D eigenvalue weighted by atomic mass is 10.5. The molecule has 0 unspecified atom stereocenters. The van der Waals surface area contributed by atoms with Crippen molar-refractivity contribution in [3.05, 3.63) is 0 Å². The van der Waals surface area contributed by atoms with E-state index in [1.54, 1.807) is 13.8 Å². The van der Waals surface area contributed by atoms with Gasteiger partial charge in [0.05, 0.1) is 0 Å². The Morgan fingerprint density at radius 3 is 1.07 bits per heavy atom. The zero-order valence-electron chi connectivity index (χ0n) is 7.84. The fourth-order valence-corrected chi connectivity index (χ4v) is 0. The van der Waals surface area contributed by atoms with Crippen molar-refractivity contribution in [3.63, 3.8) is 0 Å². The molecule has 0 amide bonds. The second kappa shape index (κ2) is 14.3. The molecule has 0 atom stereocenters. The highest BCUT2D eigenvalue weighted by molar-refractivity contribution is 6.33. The van der Waals surface area contributed by atoms with Crippen LogP contribution >= 0.6 is 0 Å². The second-order valence-corrected chi connectivity index (χ2v) is 1.74. The minimum Gasteiger partial charge on any atom is -0.481 e. The van der Waals surface area contributed by atoms with Crippen molar-refractivity contribution in [2.24, 2.45) is 0 Å². The molecule has 8 heteroatoms. The topological polar surface area (TPSA) is 74.6 Å². The molecule has 0 bridgehead atoms. The van der Waals surface area contributed by atoms with Crippen molar-refractivity contribution in [1.29, 1.82) is 0 Å². The number of rotatable bonds is 2. The first kappa shape index (κ1) is 18.6. The Balaban J connectivity index is -0.000000131. The van der Waals surface area contributed by atoms with Crippen molar-refractivity contribution in [2.45, 2.75) is 26.7 Å². The molecule has 0 aromatic rings. The van der Waals surface area contributed by atoms with Crippen LogP contribution in [0, 0.1) is 0 Å². The Hall–Kier alpha value is -1.21. The summed E-state index contributed by atoms with van der Waals surface area (Å²) in [5.74, 6) is -1.49. The highest BCUT2D eigenvalue weighted by Gasteiger charge is 2.06. The summed E-state index contributed by atoms with van der Waals surface area (Å²) < 4.78 is 29.0. The van der Waals surface area contributed by atoms with Crippen LogP contribution in [0.2, 0.25) is 0 Å². The highest BCUT2D eigenvalue weighted by atomic mass is 19.4. The van der Waals surface area contributed by atoms with Gasteiger partial charge in [-0.05, 0) is 0 Å². The number of hydrogen-bond donors (Lipinski definition) is 2. The van der Waals surface area contributed by atoms with Gasteiger partial charge in [0.15, 0.2) is 0 Å². The summed E-state index contributed by atoms with van der Waals surface area (Å²) in [5, 5.41) is 15.4. The van der Waals surface area contributed by atoms with Gasteiger partial charge in [0.1, 0.15) is 0 Å². The molecule has 14 heavy (non-hydrogen) atoms. The molecule has 0 aliphatic heterocycles. The number of carboxylic acid groups (broad SMARTS) is 2. The van der Waals surface area contributed by atoms with E-state index in [9.17, 15) is 22.5 Å². The van der Waals surface area contributed by atoms with E-state index in [0.29, 0.717) is 0 Å². The van der Waals surface area contributed by atoms with Crippen molar-refractivity contribution in [2.75, 3.05) is 0 Å². The van der Waals surface area contributed by atoms with Gasteiger partial charge in [-0.1, -0.05) is 13.8 Å². The van der Waals surface area contributed by atoms with Crippen LogP contribution in [0.25, 0.3) is 0 Å². The SMILES string of the molecule is CCC(=O)O.CCC(=O)O.FB(F)F. The Labute approximate surface area is 80.0 Å². The summed E-state index contributed by atoms with van der Waals surface area (Å²) in [6, 6.07) is 0. The van der Waals surface area contributed by atoms with E-state index in [1.165, 1.54) is 0 Å². The van der Waals surface area contributed by atoms with Crippen LogP contribution in [0.4, 0.5) is 12.9 Å². The van der Waals surface area contributed by atoms with Gasteiger partial charge in [-0.15, -0.1) is 0 Å². The van der Waals surface area contributed by atoms with Crippen LogP contribution in [0.1, 0.15) is 26.7 Å². The van der Waals surface area contributed by atoms with E-state index in [4.69, 9.17) is 10.2 Å². The summed E-state index contributed by atoms with van der Waals surface area (Å²) in [4.78, 5) is 18.7. The zero-order valence-corrected chi connectivity index (χ0v) is 7.84. The predicted molar refractivity (Wildman–Crippen MR) is 44.9 cm³/mol. The molecule has 0 saturated heterocycles. The number of carboxylic acids is 2. The number of halogens is 3. The van der Waals surface area contributed by atoms with Crippen LogP contribution < -0.4 is 0 Å². The monoisotopic (exact) mass is 216 g/mol. The van der Waals surface area contributed by atoms with E-state index >= 15 is 0 Å². The molecular weight excluding hydrogens is 204 g/mol. The van der Waals surface area contributed by atoms with E-state index < -0.39 is 19.5 Å². The molecule has 0 spiro atoms. The van der Waals surface area contributed by atoms with E-state index in [2.05, 4.69) is 0 Å². The Morgan fingerprint density at radius 2 is 1.07 bits per heavy atom. The molecule has 0 saturated carbocycles. The van der Waals surface area contributed by atoms with Crippen molar-refractivity contribution in [3.8, 4) is 0 Å². The minimum absolute atomic E-state index is 0.222. The lowest BCUT2D eigenvalue weighted by Crippen LogP contribution is -1.86. The van der Waals surface area contributed by atoms with E-state index in [1.807, 2.05) is 0 Å². The first-order chi connectivity index (χ1) is 6.27. The quantitative estimate of drug-likeness (QED) is 0.690. The number of hydrogen-bond acceptors (Lipinski definition) is 2. The molecule has 0 aliphatic carbocycles. The van der Waals surface area contributed by atoms with Crippen molar-refractivity contribution >= 4 is 19.5 Å². The Bertz CT molecular complexity index is 137. The maximum atomic E-state index is 9.67. The average molecular weight is 216 g/mol. The minimum atomic E-state index is -3.67. The van der Waals surface area contributed by atoms with Crippen LogP contribution in [0.3, 0.4) is 0 Å². The predicted octanol–water partition coefficient (Wildman–Crippen LogP) is 1.84. The lowest BCUT2D eigenvalue weighted by Gasteiger charge is -1.71. The highest BCUT2D eigenvalue weighted by Crippen LogP contribution is 1.80. The van der Waals surface area contributed by atoms with Crippen LogP contribution in [0.5, 0.6) is 0 Å². The fraction of sp³-hybridized carbons (Fsp3) is 0.667. The third-order valence-electron chi connectivity index (χ3n) is 0.605. The normalized spacial score (nSPS) is 7.21. The number of aliphatic carboxylic acids is 2. The lowest BCUT2D eigenvalue weighted by molar-refractivity contribution is -0.137. The standard InChI is InChI=1S/2C3H6O2.BF3/c2*1-2-3(4)5;2-1(3)4/h2*2H2,1H3,(H,4,5);. The first-order valence-corrected chi connectivity index (χ1v) is 3.63. The third kappa shape index (κ3) is 133. The molecular formula is C6H12BF3O4. The van der Waals surface area contributed by atoms with E-state index in [-0.39, 0.29) is 12.8 Å². The Morgan fingerprint density at radius 1 is 1.00 bits per heavy atom. The molecule has 0 aliphatic rings. The third-order valence-corrected chi connectivity index (χ3v) is 0.605. The van der Waals surface area contributed by atoms with Gasteiger partial charge in [0.2, 0.25) is 0 Å².